The van der Waals surface area contributed by atoms with Gasteiger partial charge in [0.25, 0.3) is 0 Å². The average Bonchev–Trinajstić information content (AvgIpc) is 2.19. The second-order valence-electron chi connectivity index (χ2n) is 2.84. The first-order valence-electron chi connectivity index (χ1n) is 4.15. The summed E-state index contributed by atoms with van der Waals surface area (Å²) in [6.07, 6.45) is 0. The lowest BCUT2D eigenvalue weighted by Crippen LogP contribution is -1.90. The van der Waals surface area contributed by atoms with Crippen LogP contribution in [0.15, 0.2) is 42.5 Å². The van der Waals surface area contributed by atoms with E-state index in [2.05, 4.69) is 4.98 Å². The largest absolute Gasteiger partial charge is 0.213 e. The van der Waals surface area contributed by atoms with Gasteiger partial charge in [-0.3, -0.25) is 0 Å². The fourth-order valence-electron chi connectivity index (χ4n) is 1.25. The van der Waals surface area contributed by atoms with Crippen molar-refractivity contribution in [3.8, 4) is 11.1 Å². The monoisotopic (exact) mass is 299 g/mol. The number of pyridine rings is 1. The molecule has 0 spiro atoms. The van der Waals surface area contributed by atoms with Gasteiger partial charge in [0.2, 0.25) is 5.95 Å². The smallest absolute Gasteiger partial charge is 0.213 e. The molecule has 0 atom stereocenters. The van der Waals surface area contributed by atoms with Crippen LogP contribution in [0.5, 0.6) is 0 Å². The molecule has 0 saturated carbocycles. The zero-order chi connectivity index (χ0) is 9.97. The summed E-state index contributed by atoms with van der Waals surface area (Å²) in [7, 11) is 0. The molecule has 70 valence electrons. The van der Waals surface area contributed by atoms with E-state index in [1.807, 2.05) is 52.9 Å². The lowest BCUT2D eigenvalue weighted by atomic mass is 10.1. The molecule has 0 radical (unpaired) electrons. The van der Waals surface area contributed by atoms with Crippen LogP contribution in [0, 0.1) is 9.65 Å². The van der Waals surface area contributed by atoms with Crippen LogP contribution >= 0.6 is 22.6 Å². The molecular weight excluding hydrogens is 292 g/mol. The number of aromatic nitrogens is 1. The summed E-state index contributed by atoms with van der Waals surface area (Å²) in [5.74, 6) is -0.436. The van der Waals surface area contributed by atoms with Crippen LogP contribution in [0.2, 0.25) is 0 Å². The molecule has 0 N–H and O–H groups in total. The zero-order valence-corrected chi connectivity index (χ0v) is 9.40. The molecule has 0 aliphatic carbocycles. The summed E-state index contributed by atoms with van der Waals surface area (Å²) < 4.78 is 13.4. The molecule has 2 rings (SSSR count). The standard InChI is InChI=1S/C11H7FIN/c12-10-7-6-9(11(13)14-10)8-4-2-1-3-5-8/h1-7H. The number of hydrogen-bond acceptors (Lipinski definition) is 1. The molecular formula is C11H7FIN. The van der Waals surface area contributed by atoms with E-state index in [9.17, 15) is 4.39 Å². The number of rotatable bonds is 1. The van der Waals surface area contributed by atoms with Crippen LogP contribution in [0.25, 0.3) is 11.1 Å². The molecule has 0 amide bonds. The van der Waals surface area contributed by atoms with Crippen molar-refractivity contribution in [1.29, 1.82) is 0 Å². The molecule has 2 aromatic rings. The minimum atomic E-state index is -0.436. The topological polar surface area (TPSA) is 12.9 Å². The predicted octanol–water partition coefficient (Wildman–Crippen LogP) is 3.49. The summed E-state index contributed by atoms with van der Waals surface area (Å²) in [5, 5.41) is 0. The predicted molar refractivity (Wildman–Crippen MR) is 62.3 cm³/mol. The molecule has 0 aliphatic heterocycles. The molecule has 0 aliphatic rings. The third-order valence-electron chi connectivity index (χ3n) is 1.90. The second-order valence-corrected chi connectivity index (χ2v) is 3.86. The van der Waals surface area contributed by atoms with Crippen LogP contribution in [-0.2, 0) is 0 Å². The number of hydrogen-bond donors (Lipinski definition) is 0. The maximum Gasteiger partial charge on any atom is 0.213 e. The molecule has 0 saturated heterocycles. The van der Waals surface area contributed by atoms with Crippen molar-refractivity contribution in [1.82, 2.24) is 4.98 Å². The molecule has 1 aromatic carbocycles. The van der Waals surface area contributed by atoms with Gasteiger partial charge in [-0.1, -0.05) is 30.3 Å². The molecule has 1 aromatic heterocycles. The van der Waals surface area contributed by atoms with Crippen molar-refractivity contribution in [2.45, 2.75) is 0 Å². The fourth-order valence-corrected chi connectivity index (χ4v) is 1.97. The van der Waals surface area contributed by atoms with E-state index in [1.165, 1.54) is 6.07 Å². The average molecular weight is 299 g/mol. The first-order chi connectivity index (χ1) is 6.77. The van der Waals surface area contributed by atoms with Crippen LogP contribution < -0.4 is 0 Å². The Morgan fingerprint density at radius 3 is 2.36 bits per heavy atom. The molecule has 1 nitrogen and oxygen atoms in total. The minimum Gasteiger partial charge on any atom is -0.213 e. The highest BCUT2D eigenvalue weighted by atomic mass is 127. The maximum atomic E-state index is 12.7. The van der Waals surface area contributed by atoms with E-state index in [0.717, 1.165) is 11.1 Å². The fraction of sp³-hybridized carbons (Fsp3) is 0. The first-order valence-corrected chi connectivity index (χ1v) is 5.23. The molecule has 14 heavy (non-hydrogen) atoms. The highest BCUT2D eigenvalue weighted by Gasteiger charge is 2.04. The maximum absolute atomic E-state index is 12.7. The summed E-state index contributed by atoms with van der Waals surface area (Å²) >= 11 is 2.04. The van der Waals surface area contributed by atoms with Crippen LogP contribution in [0.1, 0.15) is 0 Å². The van der Waals surface area contributed by atoms with Gasteiger partial charge in [0.1, 0.15) is 3.70 Å². The quantitative estimate of drug-likeness (QED) is 0.580. The van der Waals surface area contributed by atoms with Crippen molar-refractivity contribution in [2.24, 2.45) is 0 Å². The van der Waals surface area contributed by atoms with E-state index >= 15 is 0 Å². The van der Waals surface area contributed by atoms with Gasteiger partial charge in [-0.05, 0) is 40.3 Å². The molecule has 0 fully saturated rings. The number of halogens is 2. The first kappa shape index (κ1) is 9.58. The summed E-state index contributed by atoms with van der Waals surface area (Å²) in [4.78, 5) is 3.77. The van der Waals surface area contributed by atoms with Gasteiger partial charge < -0.3 is 0 Å². The van der Waals surface area contributed by atoms with Crippen molar-refractivity contribution >= 4 is 22.6 Å². The Morgan fingerprint density at radius 1 is 1.00 bits per heavy atom. The summed E-state index contributed by atoms with van der Waals surface area (Å²) in [5.41, 5.74) is 2.03. The number of nitrogens with zero attached hydrogens (tertiary/aromatic N) is 1. The third-order valence-corrected chi connectivity index (χ3v) is 2.72. The molecule has 1 heterocycles. The van der Waals surface area contributed by atoms with Crippen molar-refractivity contribution in [2.75, 3.05) is 0 Å². The van der Waals surface area contributed by atoms with Gasteiger partial charge in [-0.2, -0.15) is 4.39 Å². The van der Waals surface area contributed by atoms with E-state index in [-0.39, 0.29) is 0 Å². The van der Waals surface area contributed by atoms with Crippen LogP contribution in [0.4, 0.5) is 4.39 Å². The van der Waals surface area contributed by atoms with Gasteiger partial charge in [0, 0.05) is 5.56 Å². The Hall–Kier alpha value is -0.970. The van der Waals surface area contributed by atoms with E-state index in [0.29, 0.717) is 3.70 Å². The Kier molecular flexibility index (Phi) is 2.77. The third kappa shape index (κ3) is 1.92. The summed E-state index contributed by atoms with van der Waals surface area (Å²) in [6, 6.07) is 13.0. The zero-order valence-electron chi connectivity index (χ0n) is 7.24. The lowest BCUT2D eigenvalue weighted by molar-refractivity contribution is 0.581. The molecule has 0 bridgehead atoms. The SMILES string of the molecule is Fc1ccc(-c2ccccc2)c(I)n1. The van der Waals surface area contributed by atoms with Crippen LogP contribution in [-0.4, -0.2) is 4.98 Å². The summed E-state index contributed by atoms with van der Waals surface area (Å²) in [6.45, 7) is 0. The van der Waals surface area contributed by atoms with Crippen LogP contribution in [0.3, 0.4) is 0 Å². The van der Waals surface area contributed by atoms with Gasteiger partial charge in [0.05, 0.1) is 0 Å². The second kappa shape index (κ2) is 4.04. The molecule has 3 heteroatoms. The van der Waals surface area contributed by atoms with Gasteiger partial charge in [-0.15, -0.1) is 0 Å². The van der Waals surface area contributed by atoms with Crippen molar-refractivity contribution in [3.63, 3.8) is 0 Å². The Labute approximate surface area is 95.1 Å². The highest BCUT2D eigenvalue weighted by Crippen LogP contribution is 2.23. The van der Waals surface area contributed by atoms with E-state index < -0.39 is 5.95 Å². The van der Waals surface area contributed by atoms with Crippen molar-refractivity contribution < 1.29 is 4.39 Å². The Morgan fingerprint density at radius 2 is 1.71 bits per heavy atom. The minimum absolute atomic E-state index is 0.436. The highest BCUT2D eigenvalue weighted by molar-refractivity contribution is 14.1. The molecule has 0 unspecified atom stereocenters. The Bertz CT molecular complexity index is 442. The lowest BCUT2D eigenvalue weighted by Gasteiger charge is -2.02. The van der Waals surface area contributed by atoms with E-state index in [4.69, 9.17) is 0 Å². The van der Waals surface area contributed by atoms with Gasteiger partial charge in [-0.25, -0.2) is 4.98 Å². The number of benzene rings is 1. The normalized spacial score (nSPS) is 10.1. The Balaban J connectivity index is 2.53. The van der Waals surface area contributed by atoms with Gasteiger partial charge in [0.15, 0.2) is 0 Å². The van der Waals surface area contributed by atoms with E-state index in [1.54, 1.807) is 6.07 Å². The van der Waals surface area contributed by atoms with Crippen molar-refractivity contribution in [3.05, 3.63) is 52.1 Å². The van der Waals surface area contributed by atoms with Gasteiger partial charge >= 0.3 is 0 Å².